The van der Waals surface area contributed by atoms with Crippen molar-refractivity contribution in [2.24, 2.45) is 17.8 Å². The molecular weight excluding hydrogens is 630 g/mol. The summed E-state index contributed by atoms with van der Waals surface area (Å²) in [6.45, 7) is 2.31. The number of nitrogens with zero attached hydrogens (tertiary/aromatic N) is 3. The highest BCUT2D eigenvalue weighted by molar-refractivity contribution is 7.99. The quantitative estimate of drug-likeness (QED) is 0.0981. The normalized spacial score (nSPS) is 25.8. The Labute approximate surface area is 287 Å². The Bertz CT molecular complexity index is 1620. The van der Waals surface area contributed by atoms with Gasteiger partial charge in [0.25, 0.3) is 0 Å². The van der Waals surface area contributed by atoms with E-state index in [-0.39, 0.29) is 17.5 Å². The molecule has 1 aromatic heterocycles. The molecule has 0 bridgehead atoms. The molecule has 7 rings (SSSR count). The Morgan fingerprint density at radius 1 is 1.13 bits per heavy atom. The van der Waals surface area contributed by atoms with Crippen LogP contribution in [0.15, 0.2) is 71.7 Å². The summed E-state index contributed by atoms with van der Waals surface area (Å²) in [5.41, 5.74) is 5.49. The van der Waals surface area contributed by atoms with Crippen molar-refractivity contribution in [2.45, 2.75) is 68.0 Å². The third-order valence-electron chi connectivity index (χ3n) is 10.9. The minimum atomic E-state index is -0.331. The fraction of sp³-hybridized carbons (Fsp3) is 0.500. The van der Waals surface area contributed by atoms with Crippen LogP contribution < -0.4 is 9.64 Å². The maximum Gasteiger partial charge on any atom is 0.337 e. The van der Waals surface area contributed by atoms with Crippen molar-refractivity contribution in [1.29, 1.82) is 0 Å². The molecule has 2 heterocycles. The second kappa shape index (κ2) is 14.2. The molecule has 248 valence electrons. The van der Waals surface area contributed by atoms with Gasteiger partial charge in [0.1, 0.15) is 5.75 Å². The number of aromatic nitrogens is 2. The smallest absolute Gasteiger partial charge is 0.337 e. The monoisotopic (exact) mass is 673 g/mol. The number of methoxy groups -OCH3 is 2. The van der Waals surface area contributed by atoms with Crippen LogP contribution in [0.4, 0.5) is 5.69 Å². The van der Waals surface area contributed by atoms with Gasteiger partial charge in [-0.1, -0.05) is 35.5 Å². The lowest BCUT2D eigenvalue weighted by atomic mass is 9.66. The fourth-order valence-electron chi connectivity index (χ4n) is 8.33. The number of fused-ring (bicyclic) bond motifs is 3. The fourth-order valence-corrected chi connectivity index (χ4v) is 9.49. The van der Waals surface area contributed by atoms with Crippen LogP contribution in [0.5, 0.6) is 5.75 Å². The van der Waals surface area contributed by atoms with Gasteiger partial charge in [-0.15, -0.1) is 0 Å². The first-order valence-corrected chi connectivity index (χ1v) is 18.3. The predicted molar refractivity (Wildman–Crippen MR) is 187 cm³/mol. The van der Waals surface area contributed by atoms with E-state index in [1.807, 2.05) is 49.8 Å². The molecule has 9 heteroatoms. The largest absolute Gasteiger partial charge is 0.490 e. The first-order chi connectivity index (χ1) is 23.0. The number of hydrogen-bond acceptors (Lipinski definition) is 8. The van der Waals surface area contributed by atoms with E-state index in [2.05, 4.69) is 33.1 Å². The van der Waals surface area contributed by atoms with E-state index in [0.717, 1.165) is 85.4 Å². The summed E-state index contributed by atoms with van der Waals surface area (Å²) in [4.78, 5) is 23.9. The van der Waals surface area contributed by atoms with Crippen LogP contribution in [-0.2, 0) is 21.3 Å². The predicted octanol–water partition coefficient (Wildman–Crippen LogP) is 7.95. The van der Waals surface area contributed by atoms with Gasteiger partial charge in [0.05, 0.1) is 31.1 Å². The van der Waals surface area contributed by atoms with Crippen molar-refractivity contribution in [3.8, 4) is 5.75 Å². The van der Waals surface area contributed by atoms with E-state index in [0.29, 0.717) is 29.9 Å². The molecule has 0 amide bonds. The van der Waals surface area contributed by atoms with E-state index < -0.39 is 0 Å². The van der Waals surface area contributed by atoms with E-state index in [4.69, 9.17) is 25.8 Å². The van der Waals surface area contributed by atoms with Crippen molar-refractivity contribution >= 4 is 35.0 Å². The second-order valence-electron chi connectivity index (χ2n) is 13.7. The minimum Gasteiger partial charge on any atom is -0.490 e. The maximum absolute atomic E-state index is 12.6. The van der Waals surface area contributed by atoms with Gasteiger partial charge in [0.15, 0.2) is 5.16 Å². The molecular formula is C38H44ClN3O4S. The molecule has 3 aliphatic carbocycles. The molecule has 1 aliphatic heterocycles. The molecule has 1 saturated carbocycles. The van der Waals surface area contributed by atoms with Gasteiger partial charge in [-0.05, 0) is 122 Å². The number of allylic oxidation sites excluding steroid dienone is 1. The number of esters is 1. The lowest BCUT2D eigenvalue weighted by Gasteiger charge is -2.47. The lowest BCUT2D eigenvalue weighted by Crippen LogP contribution is -2.50. The lowest BCUT2D eigenvalue weighted by molar-refractivity contribution is 0.00323. The number of anilines is 1. The summed E-state index contributed by atoms with van der Waals surface area (Å²) >= 11 is 8.21. The Hall–Kier alpha value is -3.07. The van der Waals surface area contributed by atoms with Gasteiger partial charge in [-0.2, -0.15) is 0 Å². The standard InChI is InChI=1S/C38H44ClN3O4S/c1-44-35(26-8-6-25(7-9-26)22-47-37-40-17-4-18-41-37)31-13-10-29(31)21-42-23-38(16-3-5-27-19-30(39)12-14-32(27)38)24-46-34-15-11-28(20-33(34)42)36(43)45-2/h4,8,11-12,14-15,17-20,25,29,31,35H,3,5-7,9-10,13,16,21-24H2,1-2H3/t25?,29-,31+,35?,38-/m0/s1. The Morgan fingerprint density at radius 2 is 2.00 bits per heavy atom. The molecule has 4 aliphatic rings. The number of ether oxygens (including phenoxy) is 3. The summed E-state index contributed by atoms with van der Waals surface area (Å²) in [5, 5.41) is 1.64. The van der Waals surface area contributed by atoms with Crippen LogP contribution in [-0.4, -0.2) is 61.7 Å². The number of carbonyl (C=O) groups is 1. The van der Waals surface area contributed by atoms with Crippen molar-refractivity contribution in [3.05, 3.63) is 88.2 Å². The van der Waals surface area contributed by atoms with Crippen LogP contribution >= 0.6 is 23.4 Å². The van der Waals surface area contributed by atoms with Crippen LogP contribution in [0, 0.1) is 17.8 Å². The minimum absolute atomic E-state index is 0.135. The van der Waals surface area contributed by atoms with Crippen molar-refractivity contribution in [3.63, 3.8) is 0 Å². The van der Waals surface area contributed by atoms with Crippen molar-refractivity contribution in [2.75, 3.05) is 44.6 Å². The van der Waals surface area contributed by atoms with Crippen molar-refractivity contribution < 1.29 is 19.0 Å². The summed E-state index contributed by atoms with van der Waals surface area (Å²) in [6.07, 6.45) is 15.0. The number of thioether (sulfide) groups is 1. The van der Waals surface area contributed by atoms with E-state index in [1.165, 1.54) is 30.2 Å². The Morgan fingerprint density at radius 3 is 2.74 bits per heavy atom. The van der Waals surface area contributed by atoms with Crippen molar-refractivity contribution in [1.82, 2.24) is 9.97 Å². The zero-order chi connectivity index (χ0) is 32.4. The first-order valence-electron chi connectivity index (χ1n) is 17.0. The summed E-state index contributed by atoms with van der Waals surface area (Å²) in [6, 6.07) is 14.0. The van der Waals surface area contributed by atoms with Gasteiger partial charge in [0.2, 0.25) is 0 Å². The molecule has 0 saturated heterocycles. The second-order valence-corrected chi connectivity index (χ2v) is 15.1. The highest BCUT2D eigenvalue weighted by atomic mass is 35.5. The molecule has 0 radical (unpaired) electrons. The number of rotatable bonds is 9. The summed E-state index contributed by atoms with van der Waals surface area (Å²) < 4.78 is 18.0. The van der Waals surface area contributed by atoms with Crippen LogP contribution in [0.1, 0.15) is 66.4 Å². The maximum atomic E-state index is 12.6. The third-order valence-corrected chi connectivity index (χ3v) is 12.3. The molecule has 2 aromatic carbocycles. The molecule has 47 heavy (non-hydrogen) atoms. The van der Waals surface area contributed by atoms with E-state index in [1.54, 1.807) is 11.8 Å². The van der Waals surface area contributed by atoms with Gasteiger partial charge >= 0.3 is 5.97 Å². The zero-order valence-electron chi connectivity index (χ0n) is 27.3. The number of benzene rings is 2. The van der Waals surface area contributed by atoms with Crippen LogP contribution in [0.25, 0.3) is 0 Å². The van der Waals surface area contributed by atoms with E-state index in [9.17, 15) is 4.79 Å². The molecule has 3 aromatic rings. The Kier molecular flexibility index (Phi) is 9.81. The van der Waals surface area contributed by atoms with Gasteiger partial charge in [-0.3, -0.25) is 0 Å². The summed E-state index contributed by atoms with van der Waals surface area (Å²) in [5.74, 6) is 3.10. The first kappa shape index (κ1) is 32.5. The molecule has 0 N–H and O–H groups in total. The number of aryl methyl sites for hydroxylation is 1. The number of carbonyl (C=O) groups excluding carboxylic acids is 1. The Balaban J connectivity index is 1.11. The highest BCUT2D eigenvalue weighted by Crippen LogP contribution is 2.48. The molecule has 1 spiro atoms. The number of hydrogen-bond donors (Lipinski definition) is 0. The molecule has 2 unspecified atom stereocenters. The highest BCUT2D eigenvalue weighted by Gasteiger charge is 2.45. The summed E-state index contributed by atoms with van der Waals surface area (Å²) in [7, 11) is 3.32. The molecule has 7 nitrogen and oxygen atoms in total. The molecule has 5 atom stereocenters. The SMILES string of the molecule is COC(=O)c1ccc2c(c1)N(C[C@@H]1CC[C@H]1C(OC)C1=CCC(CSc3ncccn3)CC1)C[C@@]1(CCCc3cc(Cl)ccc31)CO2. The topological polar surface area (TPSA) is 73.8 Å². The third kappa shape index (κ3) is 6.79. The zero-order valence-corrected chi connectivity index (χ0v) is 28.9. The molecule has 1 fully saturated rings. The average Bonchev–Trinajstić information content (AvgIpc) is 3.25. The number of halogens is 1. The van der Waals surface area contributed by atoms with Crippen LogP contribution in [0.3, 0.4) is 0 Å². The van der Waals surface area contributed by atoms with Gasteiger partial charge in [-0.25, -0.2) is 14.8 Å². The van der Waals surface area contributed by atoms with Gasteiger partial charge in [0, 0.05) is 48.8 Å². The van der Waals surface area contributed by atoms with Crippen LogP contribution in [0.2, 0.25) is 5.02 Å². The van der Waals surface area contributed by atoms with Gasteiger partial charge < -0.3 is 19.1 Å². The van der Waals surface area contributed by atoms with E-state index >= 15 is 0 Å². The average molecular weight is 674 g/mol.